The lowest BCUT2D eigenvalue weighted by Crippen LogP contribution is -2.23. The zero-order valence-electron chi connectivity index (χ0n) is 15.9. The second-order valence-corrected chi connectivity index (χ2v) is 9.41. The summed E-state index contributed by atoms with van der Waals surface area (Å²) in [6, 6.07) is 0. The van der Waals surface area contributed by atoms with E-state index in [1.165, 1.54) is 0 Å². The maximum absolute atomic E-state index is 11.4. The van der Waals surface area contributed by atoms with Gasteiger partial charge in [-0.05, 0) is 24.7 Å². The van der Waals surface area contributed by atoms with Gasteiger partial charge >= 0.3 is 0 Å². The molecule has 0 bridgehead atoms. The van der Waals surface area contributed by atoms with Gasteiger partial charge in [-0.2, -0.15) is 0 Å². The summed E-state index contributed by atoms with van der Waals surface area (Å²) in [4.78, 5) is 0. The Kier molecular flexibility index (Phi) is 14.5. The summed E-state index contributed by atoms with van der Waals surface area (Å²) in [7, 11) is 0. The van der Waals surface area contributed by atoms with Crippen LogP contribution in [0.2, 0.25) is 0 Å². The first-order chi connectivity index (χ1) is 11.3. The van der Waals surface area contributed by atoms with Crippen molar-refractivity contribution in [2.24, 2.45) is 11.8 Å². The molecule has 0 rings (SSSR count). The molecule has 24 heavy (non-hydrogen) atoms. The van der Waals surface area contributed by atoms with E-state index in [-0.39, 0.29) is 10.5 Å². The van der Waals surface area contributed by atoms with E-state index in [1.807, 2.05) is 0 Å². The molecule has 0 aliphatic heterocycles. The van der Waals surface area contributed by atoms with Gasteiger partial charge < -0.3 is 9.11 Å². The monoisotopic (exact) mass is 382 g/mol. The van der Waals surface area contributed by atoms with Gasteiger partial charge in [-0.1, -0.05) is 79.1 Å². The molecule has 4 nitrogen and oxygen atoms in total. The third-order valence-corrected chi connectivity index (χ3v) is 7.74. The summed E-state index contributed by atoms with van der Waals surface area (Å²) in [5.41, 5.74) is 0. The van der Waals surface area contributed by atoms with Gasteiger partial charge in [0, 0.05) is 0 Å². The average molecular weight is 383 g/mol. The zero-order chi connectivity index (χ0) is 18.5. The molecule has 146 valence electrons. The molecule has 2 N–H and O–H groups in total. The standard InChI is InChI=1S/C18H38O4S2/c1-5-15(3)17(23(19)20)13-11-9-7-8-10-12-14-18(24(21)22)16(4)6-2/h15-18H,5-14H2,1-4H3,(H,19,20)(H,21,22). The van der Waals surface area contributed by atoms with E-state index < -0.39 is 22.2 Å². The summed E-state index contributed by atoms with van der Waals surface area (Å²) < 4.78 is 41.5. The molecule has 0 fully saturated rings. The van der Waals surface area contributed by atoms with Gasteiger partial charge in [0.05, 0.1) is 10.5 Å². The first-order valence-corrected chi connectivity index (χ1v) is 11.9. The molecule has 0 aromatic heterocycles. The smallest absolute Gasteiger partial charge is 0.156 e. The first-order valence-electron chi connectivity index (χ1n) is 9.54. The van der Waals surface area contributed by atoms with Crippen molar-refractivity contribution in [1.82, 2.24) is 0 Å². The van der Waals surface area contributed by atoms with Crippen LogP contribution in [0.15, 0.2) is 0 Å². The molecule has 0 aliphatic carbocycles. The Hall–Kier alpha value is 0.220. The highest BCUT2D eigenvalue weighted by atomic mass is 32.2. The Morgan fingerprint density at radius 1 is 0.667 bits per heavy atom. The fraction of sp³-hybridized carbons (Fsp3) is 1.00. The van der Waals surface area contributed by atoms with Gasteiger partial charge in [-0.3, -0.25) is 0 Å². The van der Waals surface area contributed by atoms with Crippen LogP contribution in [0.4, 0.5) is 0 Å². The van der Waals surface area contributed by atoms with Crippen LogP contribution in [0, 0.1) is 11.8 Å². The SMILES string of the molecule is CCC(C)C(CCCCCCCCC(C(C)CC)S(=O)O)S(=O)O. The van der Waals surface area contributed by atoms with Crippen LogP contribution in [0.1, 0.15) is 91.9 Å². The predicted octanol–water partition coefficient (Wildman–Crippen LogP) is 5.38. The van der Waals surface area contributed by atoms with Crippen LogP contribution in [0.3, 0.4) is 0 Å². The second-order valence-electron chi connectivity index (χ2n) is 7.10. The molecule has 6 atom stereocenters. The molecule has 6 unspecified atom stereocenters. The molecule has 0 radical (unpaired) electrons. The number of hydrogen-bond acceptors (Lipinski definition) is 2. The van der Waals surface area contributed by atoms with Crippen LogP contribution in [-0.2, 0) is 22.2 Å². The lowest BCUT2D eigenvalue weighted by atomic mass is 9.97. The number of rotatable bonds is 15. The Balaban J connectivity index is 3.80. The van der Waals surface area contributed by atoms with E-state index in [1.54, 1.807) is 0 Å². The lowest BCUT2D eigenvalue weighted by molar-refractivity contribution is 0.436. The first kappa shape index (κ1) is 24.2. The molecule has 0 saturated carbocycles. The van der Waals surface area contributed by atoms with Crippen molar-refractivity contribution >= 4 is 22.2 Å². The van der Waals surface area contributed by atoms with E-state index in [0.717, 1.165) is 64.2 Å². The highest BCUT2D eigenvalue weighted by molar-refractivity contribution is 7.80. The van der Waals surface area contributed by atoms with Crippen LogP contribution >= 0.6 is 0 Å². The maximum Gasteiger partial charge on any atom is 0.156 e. The molecule has 0 aromatic rings. The van der Waals surface area contributed by atoms with Gasteiger partial charge in [-0.15, -0.1) is 0 Å². The Bertz CT molecular complexity index is 329. The summed E-state index contributed by atoms with van der Waals surface area (Å²) in [5.74, 6) is 0.598. The van der Waals surface area contributed by atoms with Crippen molar-refractivity contribution in [3.63, 3.8) is 0 Å². The van der Waals surface area contributed by atoms with E-state index in [4.69, 9.17) is 0 Å². The molecule has 0 heterocycles. The van der Waals surface area contributed by atoms with Crippen molar-refractivity contribution < 1.29 is 17.5 Å². The number of hydrogen-bond donors (Lipinski definition) is 2. The van der Waals surface area contributed by atoms with Gasteiger partial charge in [0.25, 0.3) is 0 Å². The third kappa shape index (κ3) is 10.3. The molecular weight excluding hydrogens is 344 g/mol. The van der Waals surface area contributed by atoms with E-state index in [2.05, 4.69) is 27.7 Å². The van der Waals surface area contributed by atoms with Gasteiger partial charge in [-0.25, -0.2) is 8.42 Å². The second kappa shape index (κ2) is 14.4. The van der Waals surface area contributed by atoms with Crippen molar-refractivity contribution in [3.05, 3.63) is 0 Å². The largest absolute Gasteiger partial charge is 0.306 e. The Labute approximate surface area is 154 Å². The Morgan fingerprint density at radius 3 is 1.21 bits per heavy atom. The van der Waals surface area contributed by atoms with Crippen molar-refractivity contribution in [1.29, 1.82) is 0 Å². The van der Waals surface area contributed by atoms with Crippen LogP contribution in [0.25, 0.3) is 0 Å². The van der Waals surface area contributed by atoms with Gasteiger partial charge in [0.1, 0.15) is 0 Å². The van der Waals surface area contributed by atoms with E-state index in [0.29, 0.717) is 11.8 Å². The van der Waals surface area contributed by atoms with Crippen molar-refractivity contribution in [3.8, 4) is 0 Å². The van der Waals surface area contributed by atoms with Crippen LogP contribution in [-0.4, -0.2) is 28.0 Å². The van der Waals surface area contributed by atoms with Crippen LogP contribution < -0.4 is 0 Å². The summed E-state index contributed by atoms with van der Waals surface area (Å²) >= 11 is -3.42. The highest BCUT2D eigenvalue weighted by Gasteiger charge is 2.21. The average Bonchev–Trinajstić information content (AvgIpc) is 2.54. The molecule has 0 saturated heterocycles. The normalized spacial score (nSPS) is 19.4. The minimum absolute atomic E-state index is 0.0918. The molecule has 0 aromatic carbocycles. The lowest BCUT2D eigenvalue weighted by Gasteiger charge is -2.19. The van der Waals surface area contributed by atoms with Crippen molar-refractivity contribution in [2.75, 3.05) is 0 Å². The summed E-state index contributed by atoms with van der Waals surface area (Å²) in [6.45, 7) is 8.24. The van der Waals surface area contributed by atoms with E-state index in [9.17, 15) is 17.5 Å². The summed E-state index contributed by atoms with van der Waals surface area (Å²) in [5, 5.41) is -0.184. The molecule has 6 heteroatoms. The summed E-state index contributed by atoms with van der Waals surface area (Å²) in [6.07, 6.45) is 10.1. The molecular formula is C18H38O4S2. The molecule has 0 amide bonds. The van der Waals surface area contributed by atoms with Gasteiger partial charge in [0.15, 0.2) is 22.2 Å². The fourth-order valence-corrected chi connectivity index (χ4v) is 5.01. The molecule has 0 aliphatic rings. The number of unbranched alkanes of at least 4 members (excludes halogenated alkanes) is 5. The predicted molar refractivity (Wildman–Crippen MR) is 105 cm³/mol. The molecule has 0 spiro atoms. The van der Waals surface area contributed by atoms with E-state index >= 15 is 0 Å². The quantitative estimate of drug-likeness (QED) is 0.294. The topological polar surface area (TPSA) is 74.6 Å². The van der Waals surface area contributed by atoms with Crippen molar-refractivity contribution in [2.45, 2.75) is 102 Å². The minimum atomic E-state index is -1.71. The Morgan fingerprint density at radius 2 is 0.958 bits per heavy atom. The van der Waals surface area contributed by atoms with Crippen LogP contribution in [0.5, 0.6) is 0 Å². The third-order valence-electron chi connectivity index (χ3n) is 5.30. The minimum Gasteiger partial charge on any atom is -0.306 e. The van der Waals surface area contributed by atoms with Gasteiger partial charge in [0.2, 0.25) is 0 Å². The zero-order valence-corrected chi connectivity index (χ0v) is 17.5. The fourth-order valence-electron chi connectivity index (χ4n) is 3.09. The highest BCUT2D eigenvalue weighted by Crippen LogP contribution is 2.21. The maximum atomic E-state index is 11.4.